The van der Waals surface area contributed by atoms with Crippen LogP contribution in [-0.2, 0) is 29.3 Å². The largest absolute Gasteiger partial charge is 0.363 e. The van der Waals surface area contributed by atoms with Crippen molar-refractivity contribution in [3.05, 3.63) is 29.8 Å². The summed E-state index contributed by atoms with van der Waals surface area (Å²) < 4.78 is 30.9. The van der Waals surface area contributed by atoms with E-state index in [4.69, 9.17) is 4.55 Å². The van der Waals surface area contributed by atoms with E-state index in [0.29, 0.717) is 5.69 Å². The number of amides is 3. The molecule has 1 fully saturated rings. The molecule has 1 aromatic rings. The number of rotatable bonds is 5. The zero-order chi connectivity index (χ0) is 18.8. The molecule has 2 N–H and O–H groups in total. The van der Waals surface area contributed by atoms with Crippen LogP contribution in [0.5, 0.6) is 0 Å². The van der Waals surface area contributed by atoms with Crippen LogP contribution in [0.1, 0.15) is 16.8 Å². The van der Waals surface area contributed by atoms with Gasteiger partial charge in [0.05, 0.1) is 17.3 Å². The van der Waals surface area contributed by atoms with Crippen LogP contribution in [0, 0.1) is 0 Å². The van der Waals surface area contributed by atoms with Gasteiger partial charge in [-0.15, -0.1) is 5.06 Å². The summed E-state index contributed by atoms with van der Waals surface area (Å²) >= 11 is 2.97. The second-order valence-corrected chi connectivity index (χ2v) is 7.03. The lowest BCUT2D eigenvalue weighted by molar-refractivity contribution is -0.172. The number of anilines is 1. The standard InChI is InChI=1S/C13H11BrN2O8S/c14-6-10(17)15-8-3-1-7(2-4-8)13(20)24-16-11(18)5-9(12(16)19)25(21,22)23/h1-4,9H,5-6H2,(H,15,17)(H,21,22,23). The minimum atomic E-state index is -4.79. The minimum absolute atomic E-state index is 0.0152. The molecule has 1 unspecified atom stereocenters. The van der Waals surface area contributed by atoms with E-state index in [2.05, 4.69) is 26.1 Å². The summed E-state index contributed by atoms with van der Waals surface area (Å²) in [6.07, 6.45) is -0.817. The topological polar surface area (TPSA) is 147 Å². The lowest BCUT2D eigenvalue weighted by Gasteiger charge is -2.13. The molecule has 1 saturated heterocycles. The van der Waals surface area contributed by atoms with Gasteiger partial charge in [0.25, 0.3) is 21.9 Å². The summed E-state index contributed by atoms with van der Waals surface area (Å²) in [7, 11) is -4.79. The summed E-state index contributed by atoms with van der Waals surface area (Å²) in [4.78, 5) is 51.2. The summed E-state index contributed by atoms with van der Waals surface area (Å²) in [5, 5.41) is 0.629. The molecule has 0 saturated carbocycles. The van der Waals surface area contributed by atoms with Crippen LogP contribution in [0.25, 0.3) is 0 Å². The molecule has 0 aliphatic carbocycles. The number of hydrogen-bond donors (Lipinski definition) is 2. The van der Waals surface area contributed by atoms with Crippen LogP contribution in [0.3, 0.4) is 0 Å². The number of hydrogen-bond acceptors (Lipinski definition) is 7. The van der Waals surface area contributed by atoms with Gasteiger partial charge >= 0.3 is 5.97 Å². The third kappa shape index (κ3) is 4.41. The molecule has 12 heteroatoms. The number of benzene rings is 1. The number of halogens is 1. The van der Waals surface area contributed by atoms with Crippen molar-refractivity contribution in [1.29, 1.82) is 0 Å². The van der Waals surface area contributed by atoms with Crippen molar-refractivity contribution in [2.45, 2.75) is 11.7 Å². The monoisotopic (exact) mass is 434 g/mol. The Morgan fingerprint density at radius 2 is 1.88 bits per heavy atom. The highest BCUT2D eigenvalue weighted by Gasteiger charge is 2.48. The molecule has 1 aromatic carbocycles. The lowest BCUT2D eigenvalue weighted by Crippen LogP contribution is -2.36. The molecule has 3 amide bonds. The average Bonchev–Trinajstić information content (AvgIpc) is 2.83. The molecule has 0 aromatic heterocycles. The Morgan fingerprint density at radius 1 is 1.28 bits per heavy atom. The maximum atomic E-state index is 12.0. The molecular formula is C13H11BrN2O8S. The molecular weight excluding hydrogens is 424 g/mol. The molecule has 1 aliphatic heterocycles. The van der Waals surface area contributed by atoms with Gasteiger partial charge in [0.1, 0.15) is 0 Å². The first-order chi connectivity index (χ1) is 11.6. The van der Waals surface area contributed by atoms with Gasteiger partial charge in [-0.1, -0.05) is 15.9 Å². The Bertz CT molecular complexity index is 836. The quantitative estimate of drug-likeness (QED) is 0.376. The van der Waals surface area contributed by atoms with Crippen LogP contribution in [0.2, 0.25) is 0 Å². The van der Waals surface area contributed by atoms with E-state index in [9.17, 15) is 27.6 Å². The van der Waals surface area contributed by atoms with Crippen molar-refractivity contribution >= 4 is 55.4 Å². The smallest absolute Gasteiger partial charge is 0.325 e. The van der Waals surface area contributed by atoms with Gasteiger partial charge in [0.15, 0.2) is 5.25 Å². The highest BCUT2D eigenvalue weighted by Crippen LogP contribution is 2.21. The first-order valence-corrected chi connectivity index (χ1v) is 9.27. The number of carbonyl (C=O) groups is 4. The Hall–Kier alpha value is -2.31. The van der Waals surface area contributed by atoms with Crippen LogP contribution in [-0.4, -0.2) is 52.3 Å². The van der Waals surface area contributed by atoms with Crippen molar-refractivity contribution < 1.29 is 37.0 Å². The molecule has 1 heterocycles. The number of imide groups is 1. The minimum Gasteiger partial charge on any atom is -0.325 e. The Morgan fingerprint density at radius 3 is 2.36 bits per heavy atom. The fourth-order valence-corrected chi connectivity index (χ4v) is 2.77. The van der Waals surface area contributed by atoms with Crippen molar-refractivity contribution in [2.24, 2.45) is 0 Å². The molecule has 10 nitrogen and oxygen atoms in total. The van der Waals surface area contributed by atoms with E-state index in [-0.39, 0.29) is 21.9 Å². The average molecular weight is 435 g/mol. The zero-order valence-electron chi connectivity index (χ0n) is 12.3. The molecule has 0 radical (unpaired) electrons. The zero-order valence-corrected chi connectivity index (χ0v) is 14.7. The van der Waals surface area contributed by atoms with Crippen LogP contribution < -0.4 is 5.32 Å². The predicted molar refractivity (Wildman–Crippen MR) is 86.1 cm³/mol. The SMILES string of the molecule is O=C(CBr)Nc1ccc(C(=O)ON2C(=O)CC(S(=O)(=O)O)C2=O)cc1. The molecule has 0 bridgehead atoms. The molecule has 2 rings (SSSR count). The number of hydroxylamine groups is 2. The highest BCUT2D eigenvalue weighted by molar-refractivity contribution is 9.09. The van der Waals surface area contributed by atoms with Gasteiger partial charge in [0.2, 0.25) is 5.91 Å². The van der Waals surface area contributed by atoms with Crippen molar-refractivity contribution in [2.75, 3.05) is 10.6 Å². The Balaban J connectivity index is 2.08. The highest BCUT2D eigenvalue weighted by atomic mass is 79.9. The summed E-state index contributed by atoms with van der Waals surface area (Å²) in [6.45, 7) is 0. The van der Waals surface area contributed by atoms with E-state index in [1.807, 2.05) is 0 Å². The van der Waals surface area contributed by atoms with E-state index in [1.165, 1.54) is 24.3 Å². The van der Waals surface area contributed by atoms with E-state index >= 15 is 0 Å². The Kier molecular flexibility index (Phi) is 5.55. The second kappa shape index (κ2) is 7.29. The van der Waals surface area contributed by atoms with Gasteiger partial charge in [-0.3, -0.25) is 18.9 Å². The third-order valence-corrected chi connectivity index (χ3v) is 4.72. The first kappa shape index (κ1) is 19.0. The molecule has 134 valence electrons. The fourth-order valence-electron chi connectivity index (χ4n) is 1.93. The van der Waals surface area contributed by atoms with Crippen LogP contribution >= 0.6 is 15.9 Å². The van der Waals surface area contributed by atoms with Gasteiger partial charge in [-0.05, 0) is 24.3 Å². The van der Waals surface area contributed by atoms with Crippen molar-refractivity contribution in [3.63, 3.8) is 0 Å². The van der Waals surface area contributed by atoms with Gasteiger partial charge in [-0.25, -0.2) is 4.79 Å². The molecule has 1 aliphatic rings. The normalized spacial score (nSPS) is 17.5. The Labute approximate surface area is 149 Å². The van der Waals surface area contributed by atoms with E-state index in [1.54, 1.807) is 0 Å². The predicted octanol–water partition coefficient (Wildman–Crippen LogP) is 0.107. The number of nitrogens with zero attached hydrogens (tertiary/aromatic N) is 1. The maximum absolute atomic E-state index is 12.0. The van der Waals surface area contributed by atoms with Crippen LogP contribution in [0.15, 0.2) is 24.3 Å². The molecule has 0 spiro atoms. The maximum Gasteiger partial charge on any atom is 0.363 e. The number of alkyl halides is 1. The number of nitrogens with one attached hydrogen (secondary N) is 1. The van der Waals surface area contributed by atoms with E-state index < -0.39 is 39.6 Å². The van der Waals surface area contributed by atoms with Crippen molar-refractivity contribution in [1.82, 2.24) is 5.06 Å². The summed E-state index contributed by atoms with van der Waals surface area (Å²) in [5.41, 5.74) is 0.355. The van der Waals surface area contributed by atoms with Gasteiger partial charge in [-0.2, -0.15) is 8.42 Å². The van der Waals surface area contributed by atoms with E-state index in [0.717, 1.165) is 0 Å². The van der Waals surface area contributed by atoms with Crippen molar-refractivity contribution in [3.8, 4) is 0 Å². The first-order valence-electron chi connectivity index (χ1n) is 6.64. The van der Waals surface area contributed by atoms with Gasteiger partial charge in [0, 0.05) is 5.69 Å². The summed E-state index contributed by atoms with van der Waals surface area (Å²) in [6, 6.07) is 5.34. The number of carbonyl (C=O) groups excluding carboxylic acids is 4. The fraction of sp³-hybridized carbons (Fsp3) is 0.231. The van der Waals surface area contributed by atoms with Crippen LogP contribution in [0.4, 0.5) is 5.69 Å². The molecule has 25 heavy (non-hydrogen) atoms. The second-order valence-electron chi connectivity index (χ2n) is 4.87. The van der Waals surface area contributed by atoms with Gasteiger partial charge < -0.3 is 10.2 Å². The third-order valence-electron chi connectivity index (χ3n) is 3.12. The molecule has 1 atom stereocenters. The summed E-state index contributed by atoms with van der Waals surface area (Å²) in [5.74, 6) is -3.81. The lowest BCUT2D eigenvalue weighted by atomic mass is 10.2.